The number of aromatic nitrogens is 2. The number of aryl methyl sites for hydroxylation is 1. The fourth-order valence-corrected chi connectivity index (χ4v) is 4.16. The molecule has 0 N–H and O–H groups in total. The van der Waals surface area contributed by atoms with Crippen molar-refractivity contribution in [2.75, 3.05) is 33.3 Å². The Bertz CT molecular complexity index is 544. The number of carbonyl (C=O) groups excluding carboxylic acids is 1. The molecule has 6 nitrogen and oxygen atoms in total. The van der Waals surface area contributed by atoms with Gasteiger partial charge in [-0.3, -0.25) is 19.3 Å². The topological polar surface area (TPSA) is 50.6 Å². The Morgan fingerprint density at radius 2 is 2.26 bits per heavy atom. The largest absolute Gasteiger partial charge is 0.464 e. The SMILES string of the molecule is CCN1CCC[C@@H](CN(C)[C@H]2CCOC2=O)[C@@H]1c1cnn(C)c1. The van der Waals surface area contributed by atoms with Gasteiger partial charge in [0.05, 0.1) is 12.8 Å². The molecule has 2 saturated heterocycles. The van der Waals surface area contributed by atoms with E-state index in [1.165, 1.54) is 18.4 Å². The third-order valence-corrected chi connectivity index (χ3v) is 5.29. The van der Waals surface area contributed by atoms with Gasteiger partial charge in [0.1, 0.15) is 6.04 Å². The molecular formula is C17H28N4O2. The molecule has 3 rings (SSSR count). The molecule has 3 atom stereocenters. The Hall–Kier alpha value is -1.40. The van der Waals surface area contributed by atoms with Gasteiger partial charge in [-0.15, -0.1) is 0 Å². The van der Waals surface area contributed by atoms with Gasteiger partial charge in [0, 0.05) is 37.8 Å². The van der Waals surface area contributed by atoms with E-state index in [1.54, 1.807) is 0 Å². The third kappa shape index (κ3) is 3.43. The minimum atomic E-state index is -0.0680. The highest BCUT2D eigenvalue weighted by Gasteiger charge is 2.36. The molecule has 0 saturated carbocycles. The first kappa shape index (κ1) is 16.5. The number of rotatable bonds is 5. The van der Waals surface area contributed by atoms with Crippen molar-refractivity contribution in [1.82, 2.24) is 19.6 Å². The summed E-state index contributed by atoms with van der Waals surface area (Å²) in [6, 6.07) is 0.323. The standard InChI is InChI=1S/C17H28N4O2/c1-4-21-8-5-6-13(16(21)14-10-18-20(3)12-14)11-19(2)15-7-9-23-17(15)22/h10,12-13,15-16H,4-9,11H2,1-3H3/t13-,15-,16+/m0/s1. The zero-order valence-corrected chi connectivity index (χ0v) is 14.4. The summed E-state index contributed by atoms with van der Waals surface area (Å²) in [5, 5.41) is 4.37. The van der Waals surface area contributed by atoms with Crippen molar-refractivity contribution in [3.63, 3.8) is 0 Å². The lowest BCUT2D eigenvalue weighted by atomic mass is 9.85. The molecule has 2 aliphatic heterocycles. The second-order valence-corrected chi connectivity index (χ2v) is 6.83. The summed E-state index contributed by atoms with van der Waals surface area (Å²) >= 11 is 0. The summed E-state index contributed by atoms with van der Waals surface area (Å²) in [5.41, 5.74) is 1.29. The number of piperidine rings is 1. The second-order valence-electron chi connectivity index (χ2n) is 6.83. The molecule has 1 aromatic rings. The number of likely N-dealkylation sites (N-methyl/N-ethyl adjacent to an activating group) is 1. The number of hydrogen-bond acceptors (Lipinski definition) is 5. The zero-order chi connectivity index (χ0) is 16.4. The Kier molecular flexibility index (Phi) is 5.02. The van der Waals surface area contributed by atoms with E-state index in [4.69, 9.17) is 4.74 Å². The van der Waals surface area contributed by atoms with Crippen LogP contribution in [0.5, 0.6) is 0 Å². The van der Waals surface area contributed by atoms with Crippen LogP contribution >= 0.6 is 0 Å². The minimum absolute atomic E-state index is 0.0615. The van der Waals surface area contributed by atoms with Crippen molar-refractivity contribution in [3.05, 3.63) is 18.0 Å². The molecule has 0 unspecified atom stereocenters. The number of carbonyl (C=O) groups is 1. The Balaban J connectivity index is 1.76. The van der Waals surface area contributed by atoms with Crippen LogP contribution in [-0.4, -0.2) is 64.9 Å². The van der Waals surface area contributed by atoms with E-state index in [1.807, 2.05) is 17.9 Å². The van der Waals surface area contributed by atoms with Crippen LogP contribution in [0.25, 0.3) is 0 Å². The number of cyclic esters (lactones) is 1. The summed E-state index contributed by atoms with van der Waals surface area (Å²) in [4.78, 5) is 16.6. The van der Waals surface area contributed by atoms with Crippen molar-refractivity contribution >= 4 is 5.97 Å². The van der Waals surface area contributed by atoms with Crippen LogP contribution in [-0.2, 0) is 16.6 Å². The zero-order valence-electron chi connectivity index (χ0n) is 14.4. The lowest BCUT2D eigenvalue weighted by molar-refractivity contribution is -0.142. The number of esters is 1. The first-order chi connectivity index (χ1) is 11.1. The van der Waals surface area contributed by atoms with E-state index in [-0.39, 0.29) is 12.0 Å². The molecule has 6 heteroatoms. The number of hydrogen-bond donors (Lipinski definition) is 0. The molecule has 128 valence electrons. The number of likely N-dealkylation sites (tertiary alicyclic amines) is 1. The maximum absolute atomic E-state index is 11.8. The van der Waals surface area contributed by atoms with Gasteiger partial charge >= 0.3 is 5.97 Å². The predicted molar refractivity (Wildman–Crippen MR) is 87.9 cm³/mol. The van der Waals surface area contributed by atoms with Crippen molar-refractivity contribution < 1.29 is 9.53 Å². The minimum Gasteiger partial charge on any atom is -0.464 e. The summed E-state index contributed by atoms with van der Waals surface area (Å²) < 4.78 is 7.01. The van der Waals surface area contributed by atoms with Gasteiger partial charge in [-0.2, -0.15) is 5.10 Å². The van der Waals surface area contributed by atoms with Crippen LogP contribution in [0.2, 0.25) is 0 Å². The smallest absolute Gasteiger partial charge is 0.323 e. The van der Waals surface area contributed by atoms with Crippen LogP contribution in [0.4, 0.5) is 0 Å². The fraction of sp³-hybridized carbons (Fsp3) is 0.765. The second kappa shape index (κ2) is 7.01. The van der Waals surface area contributed by atoms with Crippen LogP contribution in [0.1, 0.15) is 37.8 Å². The highest BCUT2D eigenvalue weighted by atomic mass is 16.5. The summed E-state index contributed by atoms with van der Waals surface area (Å²) in [6.07, 6.45) is 7.36. The first-order valence-electron chi connectivity index (χ1n) is 8.69. The van der Waals surface area contributed by atoms with E-state index >= 15 is 0 Å². The van der Waals surface area contributed by atoms with Gasteiger partial charge in [-0.25, -0.2) is 0 Å². The highest BCUT2D eigenvalue weighted by molar-refractivity contribution is 5.77. The Labute approximate surface area is 138 Å². The van der Waals surface area contributed by atoms with Gasteiger partial charge in [-0.1, -0.05) is 6.92 Å². The molecule has 2 aliphatic rings. The monoisotopic (exact) mass is 320 g/mol. The highest BCUT2D eigenvalue weighted by Crippen LogP contribution is 2.36. The molecule has 0 spiro atoms. The van der Waals surface area contributed by atoms with Gasteiger partial charge in [0.15, 0.2) is 0 Å². The lowest BCUT2D eigenvalue weighted by Gasteiger charge is -2.42. The lowest BCUT2D eigenvalue weighted by Crippen LogP contribution is -2.45. The molecule has 23 heavy (non-hydrogen) atoms. The Morgan fingerprint density at radius 1 is 1.43 bits per heavy atom. The predicted octanol–water partition coefficient (Wildman–Crippen LogP) is 1.44. The maximum Gasteiger partial charge on any atom is 0.323 e. The Morgan fingerprint density at radius 3 is 2.87 bits per heavy atom. The van der Waals surface area contributed by atoms with Crippen molar-refractivity contribution in [1.29, 1.82) is 0 Å². The molecule has 0 aromatic carbocycles. The molecule has 2 fully saturated rings. The fourth-order valence-electron chi connectivity index (χ4n) is 4.16. The van der Waals surface area contributed by atoms with Crippen LogP contribution in [0.15, 0.2) is 12.4 Å². The summed E-state index contributed by atoms with van der Waals surface area (Å²) in [6.45, 7) is 5.90. The summed E-state index contributed by atoms with van der Waals surface area (Å²) in [7, 11) is 4.03. The van der Waals surface area contributed by atoms with E-state index in [2.05, 4.69) is 35.1 Å². The molecular weight excluding hydrogens is 292 g/mol. The van der Waals surface area contributed by atoms with Crippen LogP contribution in [0, 0.1) is 5.92 Å². The van der Waals surface area contributed by atoms with Crippen LogP contribution < -0.4 is 0 Å². The molecule has 0 amide bonds. The molecule has 0 radical (unpaired) electrons. The average molecular weight is 320 g/mol. The molecule has 1 aromatic heterocycles. The van der Waals surface area contributed by atoms with Gasteiger partial charge in [0.25, 0.3) is 0 Å². The normalized spacial score (nSPS) is 29.2. The number of ether oxygens (including phenoxy) is 1. The molecule has 0 bridgehead atoms. The quantitative estimate of drug-likeness (QED) is 0.769. The van der Waals surface area contributed by atoms with Gasteiger partial charge < -0.3 is 4.74 Å². The maximum atomic E-state index is 11.8. The molecule has 0 aliphatic carbocycles. The van der Waals surface area contributed by atoms with E-state index < -0.39 is 0 Å². The van der Waals surface area contributed by atoms with Gasteiger partial charge in [-0.05, 0) is 38.9 Å². The third-order valence-electron chi connectivity index (χ3n) is 5.29. The van der Waals surface area contributed by atoms with Crippen LogP contribution in [0.3, 0.4) is 0 Å². The van der Waals surface area contributed by atoms with E-state index in [0.29, 0.717) is 18.6 Å². The van der Waals surface area contributed by atoms with Crippen molar-refractivity contribution in [3.8, 4) is 0 Å². The molecule has 3 heterocycles. The first-order valence-corrected chi connectivity index (χ1v) is 8.69. The summed E-state index contributed by atoms with van der Waals surface area (Å²) in [5.74, 6) is 0.458. The van der Waals surface area contributed by atoms with Gasteiger partial charge in [0.2, 0.25) is 0 Å². The average Bonchev–Trinajstić information content (AvgIpc) is 3.15. The van der Waals surface area contributed by atoms with E-state index in [9.17, 15) is 4.79 Å². The van der Waals surface area contributed by atoms with E-state index in [0.717, 1.165) is 26.1 Å². The van der Waals surface area contributed by atoms with Crippen molar-refractivity contribution in [2.24, 2.45) is 13.0 Å². The van der Waals surface area contributed by atoms with Crippen molar-refractivity contribution in [2.45, 2.75) is 38.3 Å². The number of nitrogens with zero attached hydrogens (tertiary/aromatic N) is 4.